The predicted octanol–water partition coefficient (Wildman–Crippen LogP) is 3.59. The molecule has 0 bridgehead atoms. The fourth-order valence-corrected chi connectivity index (χ4v) is 1.91. The zero-order chi connectivity index (χ0) is 12.0. The molecule has 16 heavy (non-hydrogen) atoms. The maximum Gasteiger partial charge on any atom is 0.137 e. The van der Waals surface area contributed by atoms with Crippen LogP contribution in [-0.4, -0.2) is 13.7 Å². The largest absolute Gasteiger partial charge is 0.492 e. The maximum atomic E-state index is 5.89. The van der Waals surface area contributed by atoms with Crippen LogP contribution in [0.5, 0.6) is 5.75 Å². The molecule has 0 aromatic heterocycles. The first-order valence-electron chi connectivity index (χ1n) is 5.73. The molecule has 0 aliphatic heterocycles. The Labute approximate surface area is 107 Å². The molecule has 0 radical (unpaired) electrons. The van der Waals surface area contributed by atoms with E-state index in [1.165, 1.54) is 5.56 Å². The second kappa shape index (κ2) is 6.92. The molecule has 0 fully saturated rings. The van der Waals surface area contributed by atoms with Crippen LogP contribution in [0, 0.1) is 5.92 Å². The Morgan fingerprint density at radius 3 is 2.81 bits per heavy atom. The third-order valence-electron chi connectivity index (χ3n) is 2.62. The summed E-state index contributed by atoms with van der Waals surface area (Å²) in [5.74, 6) is 1.56. The quantitative estimate of drug-likeness (QED) is 0.862. The summed E-state index contributed by atoms with van der Waals surface area (Å²) in [6.45, 7) is 5.99. The van der Waals surface area contributed by atoms with Crippen LogP contribution in [0.2, 0.25) is 0 Å². The van der Waals surface area contributed by atoms with Crippen LogP contribution in [0.4, 0.5) is 0 Å². The summed E-state index contributed by atoms with van der Waals surface area (Å²) in [4.78, 5) is 0. The summed E-state index contributed by atoms with van der Waals surface area (Å²) in [6, 6.07) is 6.14. The minimum atomic E-state index is 0.592. The molecule has 0 amide bonds. The van der Waals surface area contributed by atoms with Crippen LogP contribution in [0.1, 0.15) is 25.8 Å². The van der Waals surface area contributed by atoms with Gasteiger partial charge in [-0.3, -0.25) is 0 Å². The first-order chi connectivity index (χ1) is 7.69. The molecule has 0 aliphatic carbocycles. The number of halogens is 1. The van der Waals surface area contributed by atoms with Gasteiger partial charge in [0.1, 0.15) is 5.75 Å². The number of nitrogens with one attached hydrogen (secondary N) is 1. The number of para-hydroxylation sites is 1. The highest BCUT2D eigenvalue weighted by molar-refractivity contribution is 9.10. The van der Waals surface area contributed by atoms with Crippen molar-refractivity contribution < 1.29 is 4.74 Å². The lowest BCUT2D eigenvalue weighted by molar-refractivity contribution is 0.252. The van der Waals surface area contributed by atoms with E-state index in [0.717, 1.165) is 29.8 Å². The van der Waals surface area contributed by atoms with E-state index in [-0.39, 0.29) is 0 Å². The molecule has 1 rings (SSSR count). The molecule has 0 saturated heterocycles. The van der Waals surface area contributed by atoms with Gasteiger partial charge < -0.3 is 10.1 Å². The van der Waals surface area contributed by atoms with Gasteiger partial charge in [0.2, 0.25) is 0 Å². The predicted molar refractivity (Wildman–Crippen MR) is 71.9 cm³/mol. The average Bonchev–Trinajstić information content (AvgIpc) is 2.28. The molecule has 1 aromatic carbocycles. The summed E-state index contributed by atoms with van der Waals surface area (Å²) in [5, 5.41) is 3.15. The van der Waals surface area contributed by atoms with Crippen LogP contribution in [-0.2, 0) is 6.54 Å². The van der Waals surface area contributed by atoms with Gasteiger partial charge >= 0.3 is 0 Å². The van der Waals surface area contributed by atoms with E-state index in [2.05, 4.69) is 41.2 Å². The monoisotopic (exact) mass is 285 g/mol. The molecule has 3 heteroatoms. The number of rotatable bonds is 6. The Morgan fingerprint density at radius 2 is 2.19 bits per heavy atom. The molecule has 0 spiro atoms. The van der Waals surface area contributed by atoms with Crippen molar-refractivity contribution in [2.24, 2.45) is 5.92 Å². The Morgan fingerprint density at radius 1 is 1.44 bits per heavy atom. The second-order valence-corrected chi connectivity index (χ2v) is 4.94. The molecule has 1 unspecified atom stereocenters. The lowest BCUT2D eigenvalue weighted by atomic mass is 10.1. The fourth-order valence-electron chi connectivity index (χ4n) is 1.39. The molecule has 90 valence electrons. The first kappa shape index (κ1) is 13.5. The van der Waals surface area contributed by atoms with E-state index in [4.69, 9.17) is 4.74 Å². The Hall–Kier alpha value is -0.540. The van der Waals surface area contributed by atoms with E-state index in [1.54, 1.807) is 0 Å². The third kappa shape index (κ3) is 3.80. The molecular formula is C13H20BrNO. The lowest BCUT2D eigenvalue weighted by Crippen LogP contribution is -2.11. The van der Waals surface area contributed by atoms with Gasteiger partial charge in [0, 0.05) is 12.1 Å². The van der Waals surface area contributed by atoms with Crippen molar-refractivity contribution in [1.82, 2.24) is 5.32 Å². The summed E-state index contributed by atoms with van der Waals surface area (Å²) in [6.07, 6.45) is 1.14. The van der Waals surface area contributed by atoms with Crippen LogP contribution < -0.4 is 10.1 Å². The average molecular weight is 286 g/mol. The van der Waals surface area contributed by atoms with Crippen LogP contribution in [0.25, 0.3) is 0 Å². The molecule has 0 heterocycles. The van der Waals surface area contributed by atoms with E-state index in [0.29, 0.717) is 5.92 Å². The summed E-state index contributed by atoms with van der Waals surface area (Å²) >= 11 is 3.54. The van der Waals surface area contributed by atoms with Gasteiger partial charge in [0.05, 0.1) is 11.1 Å². The third-order valence-corrected chi connectivity index (χ3v) is 3.25. The molecular weight excluding hydrogens is 266 g/mol. The smallest absolute Gasteiger partial charge is 0.137 e. The summed E-state index contributed by atoms with van der Waals surface area (Å²) in [5.41, 5.74) is 1.19. The van der Waals surface area contributed by atoms with Gasteiger partial charge in [-0.15, -0.1) is 0 Å². The SMILES string of the molecule is CCC(C)COc1c(Br)cccc1CNC. The van der Waals surface area contributed by atoms with Gasteiger partial charge in [0.15, 0.2) is 0 Å². The van der Waals surface area contributed by atoms with Crippen LogP contribution >= 0.6 is 15.9 Å². The van der Waals surface area contributed by atoms with Crippen molar-refractivity contribution in [1.29, 1.82) is 0 Å². The molecule has 1 aromatic rings. The Bertz CT molecular complexity index is 328. The highest BCUT2D eigenvalue weighted by Crippen LogP contribution is 2.29. The topological polar surface area (TPSA) is 21.3 Å². The number of benzene rings is 1. The van der Waals surface area contributed by atoms with Gasteiger partial charge in [0.25, 0.3) is 0 Å². The lowest BCUT2D eigenvalue weighted by Gasteiger charge is -2.15. The fraction of sp³-hybridized carbons (Fsp3) is 0.538. The second-order valence-electron chi connectivity index (χ2n) is 4.08. The van der Waals surface area contributed by atoms with E-state index in [9.17, 15) is 0 Å². The van der Waals surface area contributed by atoms with Gasteiger partial charge in [-0.2, -0.15) is 0 Å². The summed E-state index contributed by atoms with van der Waals surface area (Å²) < 4.78 is 6.92. The molecule has 1 N–H and O–H groups in total. The molecule has 0 saturated carbocycles. The highest BCUT2D eigenvalue weighted by atomic mass is 79.9. The van der Waals surface area contributed by atoms with Gasteiger partial charge in [-0.25, -0.2) is 0 Å². The number of hydrogen-bond donors (Lipinski definition) is 1. The zero-order valence-electron chi connectivity index (χ0n) is 10.2. The zero-order valence-corrected chi connectivity index (χ0v) is 11.8. The van der Waals surface area contributed by atoms with Gasteiger partial charge in [-0.1, -0.05) is 32.4 Å². The van der Waals surface area contributed by atoms with E-state index < -0.39 is 0 Å². The minimum absolute atomic E-state index is 0.592. The van der Waals surface area contributed by atoms with Crippen molar-refractivity contribution in [2.75, 3.05) is 13.7 Å². The maximum absolute atomic E-state index is 5.89. The standard InChI is InChI=1S/C13H20BrNO/c1-4-10(2)9-16-13-11(8-15-3)6-5-7-12(13)14/h5-7,10,15H,4,8-9H2,1-3H3. The van der Waals surface area contributed by atoms with Gasteiger partial charge in [-0.05, 0) is 35.0 Å². The highest BCUT2D eigenvalue weighted by Gasteiger charge is 2.08. The van der Waals surface area contributed by atoms with Crippen molar-refractivity contribution >= 4 is 15.9 Å². The summed E-state index contributed by atoms with van der Waals surface area (Å²) in [7, 11) is 1.94. The van der Waals surface area contributed by atoms with E-state index >= 15 is 0 Å². The van der Waals surface area contributed by atoms with Crippen molar-refractivity contribution in [2.45, 2.75) is 26.8 Å². The number of hydrogen-bond acceptors (Lipinski definition) is 2. The molecule has 2 nitrogen and oxygen atoms in total. The van der Waals surface area contributed by atoms with Crippen molar-refractivity contribution in [3.63, 3.8) is 0 Å². The van der Waals surface area contributed by atoms with E-state index in [1.807, 2.05) is 19.2 Å². The minimum Gasteiger partial charge on any atom is -0.492 e. The first-order valence-corrected chi connectivity index (χ1v) is 6.53. The van der Waals surface area contributed by atoms with Crippen LogP contribution in [0.15, 0.2) is 22.7 Å². The normalized spacial score (nSPS) is 12.5. The molecule has 0 aliphatic rings. The van der Waals surface area contributed by atoms with Crippen LogP contribution in [0.3, 0.4) is 0 Å². The van der Waals surface area contributed by atoms with Crippen molar-refractivity contribution in [3.05, 3.63) is 28.2 Å². The molecule has 1 atom stereocenters. The number of ether oxygens (including phenoxy) is 1. The Balaban J connectivity index is 2.75. The van der Waals surface area contributed by atoms with Crippen molar-refractivity contribution in [3.8, 4) is 5.75 Å². The Kier molecular flexibility index (Phi) is 5.85.